The summed E-state index contributed by atoms with van der Waals surface area (Å²) in [6, 6.07) is 0.585. The van der Waals surface area contributed by atoms with Crippen molar-refractivity contribution in [2.75, 3.05) is 6.54 Å². The number of likely N-dealkylation sites (tertiary alicyclic amines) is 1. The number of hydrogen-bond acceptors (Lipinski definition) is 2. The molecule has 1 rings (SSSR count). The van der Waals surface area contributed by atoms with Gasteiger partial charge in [-0.05, 0) is 32.6 Å². The van der Waals surface area contributed by atoms with Gasteiger partial charge in [0.25, 0.3) is 0 Å². The second-order valence-electron chi connectivity index (χ2n) is 4.72. The molecule has 13 heavy (non-hydrogen) atoms. The molecule has 0 saturated carbocycles. The third kappa shape index (κ3) is 1.89. The fourth-order valence-corrected chi connectivity index (χ4v) is 2.60. The van der Waals surface area contributed by atoms with E-state index in [1.54, 1.807) is 0 Å². The van der Waals surface area contributed by atoms with Crippen LogP contribution in [-0.2, 0) is 0 Å². The largest absolute Gasteiger partial charge is 0.313 e. The van der Waals surface area contributed by atoms with Crippen LogP contribution in [0.2, 0.25) is 0 Å². The van der Waals surface area contributed by atoms with E-state index in [4.69, 9.17) is 5.73 Å². The lowest BCUT2D eigenvalue weighted by Crippen LogP contribution is -2.57. The predicted octanol–water partition coefficient (Wildman–Crippen LogP) is 2.19. The second kappa shape index (κ2) is 3.97. The lowest BCUT2D eigenvalue weighted by Gasteiger charge is -2.40. The van der Waals surface area contributed by atoms with Crippen LogP contribution >= 0.6 is 0 Å². The highest BCUT2D eigenvalue weighted by Crippen LogP contribution is 2.35. The van der Waals surface area contributed by atoms with Gasteiger partial charge >= 0.3 is 0 Å². The predicted molar refractivity (Wildman–Crippen MR) is 57.4 cm³/mol. The summed E-state index contributed by atoms with van der Waals surface area (Å²) in [7, 11) is 0. The van der Waals surface area contributed by atoms with Crippen molar-refractivity contribution >= 4 is 0 Å². The van der Waals surface area contributed by atoms with Crippen molar-refractivity contribution in [2.24, 2.45) is 11.7 Å². The Morgan fingerprint density at radius 2 is 2.15 bits per heavy atom. The van der Waals surface area contributed by atoms with Crippen molar-refractivity contribution in [3.05, 3.63) is 0 Å². The van der Waals surface area contributed by atoms with E-state index in [0.717, 1.165) is 6.42 Å². The minimum Gasteiger partial charge on any atom is -0.313 e. The summed E-state index contributed by atoms with van der Waals surface area (Å²) in [4.78, 5) is 2.47. The monoisotopic (exact) mass is 184 g/mol. The van der Waals surface area contributed by atoms with Gasteiger partial charge < -0.3 is 5.73 Å². The van der Waals surface area contributed by atoms with Crippen molar-refractivity contribution in [1.29, 1.82) is 0 Å². The van der Waals surface area contributed by atoms with E-state index in [1.165, 1.54) is 19.4 Å². The molecular formula is C11H24N2. The number of hydrogen-bond donors (Lipinski definition) is 1. The van der Waals surface area contributed by atoms with E-state index < -0.39 is 0 Å². The van der Waals surface area contributed by atoms with E-state index in [9.17, 15) is 0 Å². The van der Waals surface area contributed by atoms with Crippen LogP contribution in [0.1, 0.15) is 47.0 Å². The molecule has 2 N–H and O–H groups in total. The Morgan fingerprint density at radius 1 is 1.54 bits per heavy atom. The third-order valence-electron chi connectivity index (χ3n) is 3.46. The molecule has 1 heterocycles. The first kappa shape index (κ1) is 11.0. The fraction of sp³-hybridized carbons (Fsp3) is 1.00. The first-order valence-corrected chi connectivity index (χ1v) is 5.58. The Balaban J connectivity index is 2.74. The van der Waals surface area contributed by atoms with E-state index >= 15 is 0 Å². The molecule has 78 valence electrons. The van der Waals surface area contributed by atoms with Crippen LogP contribution in [0, 0.1) is 5.92 Å². The van der Waals surface area contributed by atoms with Crippen molar-refractivity contribution < 1.29 is 0 Å². The molecule has 0 aliphatic carbocycles. The van der Waals surface area contributed by atoms with Gasteiger partial charge in [-0.2, -0.15) is 0 Å². The van der Waals surface area contributed by atoms with Crippen molar-refractivity contribution in [1.82, 2.24) is 4.90 Å². The Kier molecular flexibility index (Phi) is 3.36. The quantitative estimate of drug-likeness (QED) is 0.728. The first-order valence-electron chi connectivity index (χ1n) is 5.58. The molecule has 2 atom stereocenters. The molecule has 1 saturated heterocycles. The van der Waals surface area contributed by atoms with Gasteiger partial charge in [0.1, 0.15) is 0 Å². The molecule has 0 bridgehead atoms. The van der Waals surface area contributed by atoms with E-state index in [1.807, 2.05) is 0 Å². The second-order valence-corrected chi connectivity index (χ2v) is 4.72. The summed E-state index contributed by atoms with van der Waals surface area (Å²) in [5.74, 6) is 0.648. The topological polar surface area (TPSA) is 29.3 Å². The average molecular weight is 184 g/mol. The Labute approximate surface area is 82.5 Å². The standard InChI is InChI=1S/C11H24N2/c1-5-7-11(12)10(4)6-8-13(11)9(2)3/h9-10H,5-8,12H2,1-4H3. The van der Waals surface area contributed by atoms with Crippen LogP contribution < -0.4 is 5.73 Å². The molecule has 0 aromatic rings. The van der Waals surface area contributed by atoms with Crippen molar-refractivity contribution in [2.45, 2.75) is 58.7 Å². The zero-order valence-electron chi connectivity index (χ0n) is 9.51. The van der Waals surface area contributed by atoms with Gasteiger partial charge in [-0.25, -0.2) is 0 Å². The summed E-state index contributed by atoms with van der Waals surface area (Å²) < 4.78 is 0. The third-order valence-corrected chi connectivity index (χ3v) is 3.46. The van der Waals surface area contributed by atoms with Crippen LogP contribution in [0.25, 0.3) is 0 Å². The Bertz CT molecular complexity index is 167. The van der Waals surface area contributed by atoms with Crippen molar-refractivity contribution in [3.63, 3.8) is 0 Å². The molecule has 1 fully saturated rings. The lowest BCUT2D eigenvalue weighted by molar-refractivity contribution is 0.0713. The normalized spacial score (nSPS) is 36.0. The highest BCUT2D eigenvalue weighted by atomic mass is 15.3. The summed E-state index contributed by atoms with van der Waals surface area (Å²) in [5, 5.41) is 0. The van der Waals surface area contributed by atoms with Crippen LogP contribution in [0.3, 0.4) is 0 Å². The number of nitrogens with two attached hydrogens (primary N) is 1. The first-order chi connectivity index (χ1) is 6.02. The molecular weight excluding hydrogens is 160 g/mol. The van der Waals surface area contributed by atoms with Gasteiger partial charge in [0.2, 0.25) is 0 Å². The van der Waals surface area contributed by atoms with Gasteiger partial charge in [-0.1, -0.05) is 20.3 Å². The highest BCUT2D eigenvalue weighted by Gasteiger charge is 2.43. The minimum absolute atomic E-state index is 0.0249. The number of rotatable bonds is 3. The van der Waals surface area contributed by atoms with Gasteiger partial charge in [0, 0.05) is 12.6 Å². The maximum Gasteiger partial charge on any atom is 0.0716 e. The van der Waals surface area contributed by atoms with E-state index in [0.29, 0.717) is 12.0 Å². The zero-order valence-corrected chi connectivity index (χ0v) is 9.51. The summed E-state index contributed by atoms with van der Waals surface area (Å²) in [5.41, 5.74) is 6.46. The molecule has 0 aromatic heterocycles. The fourth-order valence-electron chi connectivity index (χ4n) is 2.60. The smallest absolute Gasteiger partial charge is 0.0716 e. The zero-order chi connectivity index (χ0) is 10.1. The highest BCUT2D eigenvalue weighted by molar-refractivity contribution is 4.96. The van der Waals surface area contributed by atoms with Gasteiger partial charge in [-0.15, -0.1) is 0 Å². The summed E-state index contributed by atoms with van der Waals surface area (Å²) in [6.07, 6.45) is 3.57. The average Bonchev–Trinajstić information content (AvgIpc) is 2.29. The Morgan fingerprint density at radius 3 is 2.62 bits per heavy atom. The summed E-state index contributed by atoms with van der Waals surface area (Å²) >= 11 is 0. The van der Waals surface area contributed by atoms with Gasteiger partial charge in [0.15, 0.2) is 0 Å². The molecule has 2 heteroatoms. The van der Waals surface area contributed by atoms with Gasteiger partial charge in [0.05, 0.1) is 5.66 Å². The van der Waals surface area contributed by atoms with E-state index in [2.05, 4.69) is 32.6 Å². The molecule has 1 aliphatic rings. The maximum absolute atomic E-state index is 6.48. The summed E-state index contributed by atoms with van der Waals surface area (Å²) in [6.45, 7) is 10.2. The molecule has 2 nitrogen and oxygen atoms in total. The lowest BCUT2D eigenvalue weighted by atomic mass is 9.91. The van der Waals surface area contributed by atoms with Crippen molar-refractivity contribution in [3.8, 4) is 0 Å². The molecule has 0 spiro atoms. The van der Waals surface area contributed by atoms with Gasteiger partial charge in [-0.3, -0.25) is 4.90 Å². The molecule has 1 aliphatic heterocycles. The molecule has 0 aromatic carbocycles. The molecule has 0 amide bonds. The van der Waals surface area contributed by atoms with Crippen LogP contribution in [-0.4, -0.2) is 23.1 Å². The molecule has 2 unspecified atom stereocenters. The van der Waals surface area contributed by atoms with Crippen LogP contribution in [0.5, 0.6) is 0 Å². The minimum atomic E-state index is -0.0249. The Hall–Kier alpha value is -0.0800. The van der Waals surface area contributed by atoms with Crippen LogP contribution in [0.15, 0.2) is 0 Å². The van der Waals surface area contributed by atoms with Crippen LogP contribution in [0.4, 0.5) is 0 Å². The van der Waals surface area contributed by atoms with E-state index in [-0.39, 0.29) is 5.66 Å². The maximum atomic E-state index is 6.48. The molecule has 0 radical (unpaired) electrons. The SMILES string of the molecule is CCCC1(N)C(C)CCN1C(C)C. The number of nitrogens with zero attached hydrogens (tertiary/aromatic N) is 1.